The van der Waals surface area contributed by atoms with Crippen molar-refractivity contribution in [1.82, 2.24) is 0 Å². The molecule has 1 atom stereocenters. The Morgan fingerprint density at radius 2 is 1.85 bits per heavy atom. The van der Waals surface area contributed by atoms with Gasteiger partial charge in [-0.25, -0.2) is 0 Å². The van der Waals surface area contributed by atoms with Gasteiger partial charge < -0.3 is 10.2 Å². The number of piperidine rings is 1. The summed E-state index contributed by atoms with van der Waals surface area (Å²) in [4.78, 5) is 3.91. The van der Waals surface area contributed by atoms with E-state index in [0.29, 0.717) is 6.04 Å². The second kappa shape index (κ2) is 6.31. The van der Waals surface area contributed by atoms with Gasteiger partial charge in [-0.2, -0.15) is 0 Å². The summed E-state index contributed by atoms with van der Waals surface area (Å²) in [6.07, 6.45) is 4.00. The minimum atomic E-state index is 0.362. The van der Waals surface area contributed by atoms with Crippen LogP contribution in [-0.4, -0.2) is 13.1 Å². The molecule has 3 rings (SSSR count). The van der Waals surface area contributed by atoms with E-state index in [1.807, 2.05) is 11.3 Å². The molecule has 0 bridgehead atoms. The highest BCUT2D eigenvalue weighted by Gasteiger charge is 2.15. The Labute approximate surface area is 125 Å². The zero-order chi connectivity index (χ0) is 13.8. The molecule has 1 unspecified atom stereocenters. The minimum absolute atomic E-state index is 0.362. The van der Waals surface area contributed by atoms with E-state index in [0.717, 1.165) is 0 Å². The van der Waals surface area contributed by atoms with Crippen LogP contribution in [0, 0.1) is 0 Å². The van der Waals surface area contributed by atoms with E-state index in [9.17, 15) is 0 Å². The molecule has 1 aromatic heterocycles. The van der Waals surface area contributed by atoms with Crippen LogP contribution >= 0.6 is 11.3 Å². The van der Waals surface area contributed by atoms with Crippen LogP contribution in [-0.2, 0) is 0 Å². The van der Waals surface area contributed by atoms with Crippen LogP contribution in [0.25, 0.3) is 0 Å². The number of hydrogen-bond donors (Lipinski definition) is 1. The Bertz CT molecular complexity index is 530. The van der Waals surface area contributed by atoms with Crippen molar-refractivity contribution in [2.75, 3.05) is 23.3 Å². The fourth-order valence-electron chi connectivity index (χ4n) is 2.85. The summed E-state index contributed by atoms with van der Waals surface area (Å²) in [5.41, 5.74) is 2.62. The van der Waals surface area contributed by atoms with E-state index in [4.69, 9.17) is 0 Å². The molecule has 0 spiro atoms. The summed E-state index contributed by atoms with van der Waals surface area (Å²) in [7, 11) is 0. The molecule has 0 aliphatic carbocycles. The van der Waals surface area contributed by atoms with Gasteiger partial charge >= 0.3 is 0 Å². The van der Waals surface area contributed by atoms with Crippen molar-refractivity contribution in [3.63, 3.8) is 0 Å². The predicted octanol–water partition coefficient (Wildman–Crippen LogP) is 4.91. The number of nitrogens with one attached hydrogen (secondary N) is 1. The van der Waals surface area contributed by atoms with E-state index >= 15 is 0 Å². The van der Waals surface area contributed by atoms with Crippen molar-refractivity contribution >= 4 is 22.7 Å². The summed E-state index contributed by atoms with van der Waals surface area (Å²) in [6.45, 7) is 4.61. The van der Waals surface area contributed by atoms with Crippen molar-refractivity contribution in [3.8, 4) is 0 Å². The standard InChI is InChI=1S/C17H22N2S/c1-14(17-10-7-13-20-17)18-15-8-3-4-9-16(15)19-11-5-2-6-12-19/h3-4,7-10,13-14,18H,2,5-6,11-12H2,1H3. The van der Waals surface area contributed by atoms with Crippen molar-refractivity contribution in [2.45, 2.75) is 32.2 Å². The SMILES string of the molecule is CC(Nc1ccccc1N1CCCCC1)c1cccs1. The summed E-state index contributed by atoms with van der Waals surface area (Å²) in [6, 6.07) is 13.4. The fourth-order valence-corrected chi connectivity index (χ4v) is 3.58. The first kappa shape index (κ1) is 13.5. The molecule has 106 valence electrons. The van der Waals surface area contributed by atoms with Crippen LogP contribution in [0.4, 0.5) is 11.4 Å². The number of benzene rings is 1. The lowest BCUT2D eigenvalue weighted by molar-refractivity contribution is 0.578. The molecule has 2 aromatic rings. The van der Waals surface area contributed by atoms with Crippen molar-refractivity contribution in [1.29, 1.82) is 0 Å². The molecule has 1 aliphatic heterocycles. The van der Waals surface area contributed by atoms with Gasteiger partial charge in [0.25, 0.3) is 0 Å². The number of nitrogens with zero attached hydrogens (tertiary/aromatic N) is 1. The fraction of sp³-hybridized carbons (Fsp3) is 0.412. The number of rotatable bonds is 4. The molecule has 2 nitrogen and oxygen atoms in total. The molecule has 0 amide bonds. The lowest BCUT2D eigenvalue weighted by Crippen LogP contribution is -2.30. The topological polar surface area (TPSA) is 15.3 Å². The van der Waals surface area contributed by atoms with E-state index in [2.05, 4.69) is 58.9 Å². The maximum Gasteiger partial charge on any atom is 0.0602 e. The van der Waals surface area contributed by atoms with Gasteiger partial charge in [0.05, 0.1) is 17.4 Å². The number of thiophene rings is 1. The second-order valence-electron chi connectivity index (χ2n) is 5.45. The van der Waals surface area contributed by atoms with Crippen molar-refractivity contribution in [2.24, 2.45) is 0 Å². The molecule has 1 fully saturated rings. The average Bonchev–Trinajstić information content (AvgIpc) is 3.03. The summed E-state index contributed by atoms with van der Waals surface area (Å²) >= 11 is 1.82. The highest BCUT2D eigenvalue weighted by molar-refractivity contribution is 7.10. The number of hydrogen-bond acceptors (Lipinski definition) is 3. The molecule has 1 N–H and O–H groups in total. The lowest BCUT2D eigenvalue weighted by Gasteiger charge is -2.31. The van der Waals surface area contributed by atoms with Gasteiger partial charge in [0.1, 0.15) is 0 Å². The van der Waals surface area contributed by atoms with Crippen LogP contribution in [0.2, 0.25) is 0 Å². The summed E-state index contributed by atoms with van der Waals surface area (Å²) in [5.74, 6) is 0. The van der Waals surface area contributed by atoms with E-state index in [1.54, 1.807) is 0 Å². The van der Waals surface area contributed by atoms with Crippen molar-refractivity contribution in [3.05, 3.63) is 46.7 Å². The third-order valence-corrected chi connectivity index (χ3v) is 5.00. The monoisotopic (exact) mass is 286 g/mol. The van der Waals surface area contributed by atoms with Gasteiger partial charge in [-0.1, -0.05) is 18.2 Å². The van der Waals surface area contributed by atoms with Gasteiger partial charge in [-0.05, 0) is 49.8 Å². The molecule has 1 aliphatic rings. The lowest BCUT2D eigenvalue weighted by atomic mass is 10.1. The highest BCUT2D eigenvalue weighted by Crippen LogP contribution is 2.31. The third-order valence-electron chi connectivity index (χ3n) is 3.94. The van der Waals surface area contributed by atoms with Crippen LogP contribution in [0.5, 0.6) is 0 Å². The van der Waals surface area contributed by atoms with Crippen LogP contribution in [0.3, 0.4) is 0 Å². The largest absolute Gasteiger partial charge is 0.376 e. The van der Waals surface area contributed by atoms with Crippen LogP contribution < -0.4 is 10.2 Å². The maximum absolute atomic E-state index is 3.68. The smallest absolute Gasteiger partial charge is 0.0602 e. The molecular weight excluding hydrogens is 264 g/mol. The first-order chi connectivity index (χ1) is 9.84. The normalized spacial score (nSPS) is 16.9. The number of para-hydroxylation sites is 2. The molecule has 0 radical (unpaired) electrons. The molecular formula is C17H22N2S. The molecule has 2 heterocycles. The molecule has 1 aromatic carbocycles. The van der Waals surface area contributed by atoms with E-state index in [-0.39, 0.29) is 0 Å². The quantitative estimate of drug-likeness (QED) is 0.859. The van der Waals surface area contributed by atoms with Crippen molar-refractivity contribution < 1.29 is 0 Å². The van der Waals surface area contributed by atoms with Gasteiger partial charge in [0.15, 0.2) is 0 Å². The molecule has 1 saturated heterocycles. The molecule has 20 heavy (non-hydrogen) atoms. The maximum atomic E-state index is 3.68. The van der Waals surface area contributed by atoms with Crippen LogP contribution in [0.15, 0.2) is 41.8 Å². The Morgan fingerprint density at radius 1 is 1.05 bits per heavy atom. The first-order valence-corrected chi connectivity index (χ1v) is 8.36. The first-order valence-electron chi connectivity index (χ1n) is 7.48. The summed E-state index contributed by atoms with van der Waals surface area (Å²) < 4.78 is 0. The van der Waals surface area contributed by atoms with Gasteiger partial charge in [0, 0.05) is 18.0 Å². The average molecular weight is 286 g/mol. The third kappa shape index (κ3) is 2.98. The zero-order valence-corrected chi connectivity index (χ0v) is 12.8. The zero-order valence-electron chi connectivity index (χ0n) is 12.0. The predicted molar refractivity (Wildman–Crippen MR) is 88.9 cm³/mol. The Kier molecular flexibility index (Phi) is 4.26. The van der Waals surface area contributed by atoms with E-state index in [1.165, 1.54) is 48.6 Å². The minimum Gasteiger partial charge on any atom is -0.376 e. The number of anilines is 2. The second-order valence-corrected chi connectivity index (χ2v) is 6.43. The summed E-state index contributed by atoms with van der Waals surface area (Å²) in [5, 5.41) is 5.82. The van der Waals surface area contributed by atoms with Gasteiger partial charge in [0.2, 0.25) is 0 Å². The van der Waals surface area contributed by atoms with E-state index < -0.39 is 0 Å². The van der Waals surface area contributed by atoms with Gasteiger partial charge in [-0.3, -0.25) is 0 Å². The Morgan fingerprint density at radius 3 is 2.60 bits per heavy atom. The Balaban J connectivity index is 1.78. The molecule has 3 heteroatoms. The highest BCUT2D eigenvalue weighted by atomic mass is 32.1. The van der Waals surface area contributed by atoms with Gasteiger partial charge in [-0.15, -0.1) is 11.3 Å². The Hall–Kier alpha value is -1.48. The molecule has 0 saturated carbocycles. The van der Waals surface area contributed by atoms with Crippen LogP contribution in [0.1, 0.15) is 37.1 Å².